The van der Waals surface area contributed by atoms with Crippen LogP contribution in [-0.4, -0.2) is 25.1 Å². The lowest BCUT2D eigenvalue weighted by Gasteiger charge is -2.14. The van der Waals surface area contributed by atoms with Crippen LogP contribution in [0.15, 0.2) is 72.8 Å². The van der Waals surface area contributed by atoms with E-state index in [9.17, 15) is 9.59 Å². The maximum Gasteiger partial charge on any atom is 0.331 e. The summed E-state index contributed by atoms with van der Waals surface area (Å²) in [5, 5.41) is 4.82. The van der Waals surface area contributed by atoms with Crippen LogP contribution in [0.2, 0.25) is 0 Å². The van der Waals surface area contributed by atoms with Gasteiger partial charge in [0, 0.05) is 6.08 Å². The van der Waals surface area contributed by atoms with Crippen molar-refractivity contribution < 1.29 is 19.1 Å². The van der Waals surface area contributed by atoms with E-state index >= 15 is 0 Å². The highest BCUT2D eigenvalue weighted by Gasteiger charge is 2.18. The molecule has 1 amide bonds. The summed E-state index contributed by atoms with van der Waals surface area (Å²) in [7, 11) is 1.52. The van der Waals surface area contributed by atoms with Crippen LogP contribution in [0.3, 0.4) is 0 Å². The van der Waals surface area contributed by atoms with Gasteiger partial charge in [0.2, 0.25) is 0 Å². The maximum absolute atomic E-state index is 12.3. The molecule has 3 aromatic carbocycles. The van der Waals surface area contributed by atoms with E-state index in [-0.39, 0.29) is 0 Å². The molecule has 0 radical (unpaired) electrons. The van der Waals surface area contributed by atoms with Crippen LogP contribution < -0.4 is 10.1 Å². The number of esters is 1. The third-order valence-electron chi connectivity index (χ3n) is 4.25. The van der Waals surface area contributed by atoms with Crippen molar-refractivity contribution in [2.45, 2.75) is 13.0 Å². The van der Waals surface area contributed by atoms with Crippen molar-refractivity contribution >= 4 is 34.4 Å². The van der Waals surface area contributed by atoms with Gasteiger partial charge in [-0.05, 0) is 41.5 Å². The third kappa shape index (κ3) is 4.57. The van der Waals surface area contributed by atoms with Crippen molar-refractivity contribution in [3.63, 3.8) is 0 Å². The Morgan fingerprint density at radius 1 is 0.964 bits per heavy atom. The number of methoxy groups -OCH3 is 1. The summed E-state index contributed by atoms with van der Waals surface area (Å²) in [5.41, 5.74) is 1.42. The topological polar surface area (TPSA) is 64.6 Å². The van der Waals surface area contributed by atoms with E-state index < -0.39 is 18.0 Å². The van der Waals surface area contributed by atoms with Gasteiger partial charge in [-0.15, -0.1) is 0 Å². The van der Waals surface area contributed by atoms with Crippen molar-refractivity contribution in [1.82, 2.24) is 0 Å². The maximum atomic E-state index is 12.3. The number of ether oxygens (including phenoxy) is 2. The Bertz CT molecular complexity index is 1020. The molecule has 0 heterocycles. The SMILES string of the molecule is COc1ccccc1NC(=O)[C@@H](C)OC(=O)/C=C/c1cccc2ccccc12. The first-order chi connectivity index (χ1) is 13.6. The zero-order chi connectivity index (χ0) is 19.9. The van der Waals surface area contributed by atoms with E-state index in [0.29, 0.717) is 11.4 Å². The first-order valence-corrected chi connectivity index (χ1v) is 8.89. The summed E-state index contributed by atoms with van der Waals surface area (Å²) >= 11 is 0. The van der Waals surface area contributed by atoms with E-state index in [4.69, 9.17) is 9.47 Å². The molecule has 0 fully saturated rings. The van der Waals surface area contributed by atoms with E-state index in [1.165, 1.54) is 20.1 Å². The zero-order valence-corrected chi connectivity index (χ0v) is 15.7. The number of fused-ring (bicyclic) bond motifs is 1. The van der Waals surface area contributed by atoms with Crippen LogP contribution in [0.4, 0.5) is 5.69 Å². The average molecular weight is 375 g/mol. The monoisotopic (exact) mass is 375 g/mol. The number of amides is 1. The number of hydrogen-bond acceptors (Lipinski definition) is 4. The summed E-state index contributed by atoms with van der Waals surface area (Å²) in [5.74, 6) is -0.489. The summed E-state index contributed by atoms with van der Waals surface area (Å²) < 4.78 is 10.4. The van der Waals surface area contributed by atoms with Gasteiger partial charge < -0.3 is 14.8 Å². The standard InChI is InChI=1S/C23H21NO4/c1-16(23(26)24-20-12-5-6-13-21(20)27-2)28-22(25)15-14-18-10-7-9-17-8-3-4-11-19(17)18/h3-16H,1-2H3,(H,24,26)/b15-14+/t16-/m1/s1. The number of carbonyl (C=O) groups excluding carboxylic acids is 2. The number of benzene rings is 3. The third-order valence-corrected chi connectivity index (χ3v) is 4.25. The molecule has 28 heavy (non-hydrogen) atoms. The Morgan fingerprint density at radius 2 is 1.68 bits per heavy atom. The fraction of sp³-hybridized carbons (Fsp3) is 0.130. The van der Waals surface area contributed by atoms with Crippen molar-refractivity contribution in [1.29, 1.82) is 0 Å². The van der Waals surface area contributed by atoms with Crippen molar-refractivity contribution in [2.24, 2.45) is 0 Å². The Hall–Kier alpha value is -3.60. The van der Waals surface area contributed by atoms with Crippen LogP contribution in [-0.2, 0) is 14.3 Å². The lowest BCUT2D eigenvalue weighted by Crippen LogP contribution is -2.29. The largest absolute Gasteiger partial charge is 0.495 e. The molecule has 5 nitrogen and oxygen atoms in total. The molecule has 0 saturated heterocycles. The molecule has 0 spiro atoms. The number of para-hydroxylation sites is 2. The molecule has 3 rings (SSSR count). The van der Waals surface area contributed by atoms with Gasteiger partial charge in [0.1, 0.15) is 5.75 Å². The highest BCUT2D eigenvalue weighted by atomic mass is 16.5. The lowest BCUT2D eigenvalue weighted by atomic mass is 10.0. The number of hydrogen-bond donors (Lipinski definition) is 1. The molecule has 5 heteroatoms. The Balaban J connectivity index is 1.63. The predicted molar refractivity (Wildman–Crippen MR) is 110 cm³/mol. The number of anilines is 1. The van der Waals surface area contributed by atoms with Gasteiger partial charge in [-0.3, -0.25) is 4.79 Å². The normalized spacial score (nSPS) is 11.9. The van der Waals surface area contributed by atoms with E-state index in [1.54, 1.807) is 30.3 Å². The minimum atomic E-state index is -0.949. The van der Waals surface area contributed by atoms with Gasteiger partial charge >= 0.3 is 5.97 Å². The summed E-state index contributed by atoms with van der Waals surface area (Å²) in [6.07, 6.45) is 2.07. The summed E-state index contributed by atoms with van der Waals surface area (Å²) in [6.45, 7) is 1.52. The van der Waals surface area contributed by atoms with Gasteiger partial charge in [0.25, 0.3) is 5.91 Å². The molecule has 0 aliphatic heterocycles. The molecule has 0 unspecified atom stereocenters. The molecule has 3 aromatic rings. The fourth-order valence-electron chi connectivity index (χ4n) is 2.80. The molecule has 0 aromatic heterocycles. The Labute approximate surface area is 163 Å². The van der Waals surface area contributed by atoms with Crippen molar-refractivity contribution in [3.8, 4) is 5.75 Å². The molecule has 1 atom stereocenters. The first-order valence-electron chi connectivity index (χ1n) is 8.89. The molecular weight excluding hydrogens is 354 g/mol. The van der Waals surface area contributed by atoms with Gasteiger partial charge in [0.05, 0.1) is 12.8 Å². The molecular formula is C23H21NO4. The highest BCUT2D eigenvalue weighted by molar-refractivity contribution is 5.98. The summed E-state index contributed by atoms with van der Waals surface area (Å²) in [4.78, 5) is 24.4. The summed E-state index contributed by atoms with van der Waals surface area (Å²) in [6, 6.07) is 20.8. The molecule has 0 aliphatic carbocycles. The van der Waals surface area contributed by atoms with E-state index in [0.717, 1.165) is 16.3 Å². The van der Waals surface area contributed by atoms with E-state index in [2.05, 4.69) is 5.32 Å². The molecule has 0 aliphatic rings. The molecule has 1 N–H and O–H groups in total. The van der Waals surface area contributed by atoms with Gasteiger partial charge in [-0.1, -0.05) is 54.6 Å². The smallest absolute Gasteiger partial charge is 0.331 e. The fourth-order valence-corrected chi connectivity index (χ4v) is 2.80. The van der Waals surface area contributed by atoms with Crippen LogP contribution in [0.5, 0.6) is 5.75 Å². The molecule has 142 valence electrons. The van der Waals surface area contributed by atoms with Crippen molar-refractivity contribution in [2.75, 3.05) is 12.4 Å². The van der Waals surface area contributed by atoms with E-state index in [1.807, 2.05) is 42.5 Å². The highest BCUT2D eigenvalue weighted by Crippen LogP contribution is 2.23. The van der Waals surface area contributed by atoms with Gasteiger partial charge in [-0.25, -0.2) is 4.79 Å². The second-order valence-corrected chi connectivity index (χ2v) is 6.17. The number of carbonyl (C=O) groups is 2. The average Bonchev–Trinajstić information content (AvgIpc) is 2.72. The lowest BCUT2D eigenvalue weighted by molar-refractivity contribution is -0.148. The van der Waals surface area contributed by atoms with Crippen LogP contribution in [0, 0.1) is 0 Å². The zero-order valence-electron chi connectivity index (χ0n) is 15.7. The van der Waals surface area contributed by atoms with Crippen LogP contribution in [0.25, 0.3) is 16.8 Å². The Kier molecular flexibility index (Phi) is 6.07. The number of nitrogens with one attached hydrogen (secondary N) is 1. The number of rotatable bonds is 6. The molecule has 0 saturated carbocycles. The van der Waals surface area contributed by atoms with Crippen LogP contribution >= 0.6 is 0 Å². The van der Waals surface area contributed by atoms with Crippen LogP contribution in [0.1, 0.15) is 12.5 Å². The second kappa shape index (κ2) is 8.86. The predicted octanol–water partition coefficient (Wildman–Crippen LogP) is 4.43. The molecule has 0 bridgehead atoms. The van der Waals surface area contributed by atoms with Gasteiger partial charge in [-0.2, -0.15) is 0 Å². The quantitative estimate of drug-likeness (QED) is 0.511. The second-order valence-electron chi connectivity index (χ2n) is 6.17. The Morgan fingerprint density at radius 3 is 2.50 bits per heavy atom. The first kappa shape index (κ1) is 19.2. The van der Waals surface area contributed by atoms with Gasteiger partial charge in [0.15, 0.2) is 6.10 Å². The van der Waals surface area contributed by atoms with Crippen molar-refractivity contribution in [3.05, 3.63) is 78.4 Å². The minimum Gasteiger partial charge on any atom is -0.495 e. The minimum absolute atomic E-state index is 0.434.